The zero-order valence-electron chi connectivity index (χ0n) is 13.3. The van der Waals surface area contributed by atoms with E-state index in [1.165, 1.54) is 18.2 Å². The van der Waals surface area contributed by atoms with Crippen LogP contribution in [0.3, 0.4) is 0 Å². The number of anilines is 1. The first-order valence-corrected chi connectivity index (χ1v) is 7.70. The molecule has 3 rings (SSSR count). The van der Waals surface area contributed by atoms with E-state index in [0.717, 1.165) is 0 Å². The first-order valence-electron chi connectivity index (χ1n) is 7.70. The molecule has 0 aromatic heterocycles. The lowest BCUT2D eigenvalue weighted by Gasteiger charge is -2.19. The largest absolute Gasteiger partial charge is 0.486 e. The summed E-state index contributed by atoms with van der Waals surface area (Å²) < 4.78 is 28.8. The van der Waals surface area contributed by atoms with Crippen LogP contribution in [0.4, 0.5) is 10.1 Å². The lowest BCUT2D eigenvalue weighted by Crippen LogP contribution is -2.22. The zero-order chi connectivity index (χ0) is 17.6. The molecule has 7 heteroatoms. The van der Waals surface area contributed by atoms with E-state index >= 15 is 0 Å². The number of benzene rings is 2. The van der Waals surface area contributed by atoms with E-state index in [9.17, 15) is 14.0 Å². The standard InChI is InChI=1S/C18H16FNO5/c19-13-3-1-2-12(8-13)9-18(22)25-11-17(21)20-14-4-5-15-16(10-14)24-7-6-23-15/h1-5,8,10H,6-7,9,11H2,(H,20,21). The molecule has 1 aliphatic heterocycles. The second-order valence-corrected chi connectivity index (χ2v) is 5.37. The maximum Gasteiger partial charge on any atom is 0.310 e. The molecule has 0 saturated heterocycles. The number of esters is 1. The van der Waals surface area contributed by atoms with Gasteiger partial charge < -0.3 is 19.5 Å². The van der Waals surface area contributed by atoms with Crippen LogP contribution in [-0.2, 0) is 20.7 Å². The van der Waals surface area contributed by atoms with E-state index in [1.54, 1.807) is 24.3 Å². The minimum atomic E-state index is -0.608. The molecule has 0 saturated carbocycles. The predicted molar refractivity (Wildman–Crippen MR) is 87.1 cm³/mol. The van der Waals surface area contributed by atoms with Gasteiger partial charge in [0.15, 0.2) is 18.1 Å². The van der Waals surface area contributed by atoms with Crippen LogP contribution in [0.5, 0.6) is 11.5 Å². The van der Waals surface area contributed by atoms with Crippen molar-refractivity contribution in [2.75, 3.05) is 25.1 Å². The first kappa shape index (κ1) is 16.8. The third-order valence-electron chi connectivity index (χ3n) is 3.43. The molecule has 2 aromatic carbocycles. The summed E-state index contributed by atoms with van der Waals surface area (Å²) in [6.45, 7) is 0.505. The number of carbonyl (C=O) groups excluding carboxylic acids is 2. The summed E-state index contributed by atoms with van der Waals surface area (Å²) in [4.78, 5) is 23.6. The summed E-state index contributed by atoms with van der Waals surface area (Å²) in [6, 6.07) is 10.7. The van der Waals surface area contributed by atoms with Crippen LogP contribution in [0.1, 0.15) is 5.56 Å². The van der Waals surface area contributed by atoms with Crippen LogP contribution in [0, 0.1) is 5.82 Å². The van der Waals surface area contributed by atoms with Gasteiger partial charge in [-0.05, 0) is 29.8 Å². The van der Waals surface area contributed by atoms with Crippen molar-refractivity contribution in [3.8, 4) is 11.5 Å². The van der Waals surface area contributed by atoms with Gasteiger partial charge in [-0.1, -0.05) is 12.1 Å². The van der Waals surface area contributed by atoms with Crippen molar-refractivity contribution >= 4 is 17.6 Å². The first-order chi connectivity index (χ1) is 12.1. The number of carbonyl (C=O) groups is 2. The molecular formula is C18H16FNO5. The smallest absolute Gasteiger partial charge is 0.310 e. The fourth-order valence-electron chi connectivity index (χ4n) is 2.33. The molecule has 0 bridgehead atoms. The highest BCUT2D eigenvalue weighted by molar-refractivity contribution is 5.93. The van der Waals surface area contributed by atoms with Crippen LogP contribution in [0.25, 0.3) is 0 Å². The summed E-state index contributed by atoms with van der Waals surface area (Å²) >= 11 is 0. The molecule has 25 heavy (non-hydrogen) atoms. The van der Waals surface area contributed by atoms with Crippen molar-refractivity contribution in [1.29, 1.82) is 0 Å². The van der Waals surface area contributed by atoms with Crippen LogP contribution in [0.15, 0.2) is 42.5 Å². The average Bonchev–Trinajstić information content (AvgIpc) is 2.60. The van der Waals surface area contributed by atoms with Crippen molar-refractivity contribution in [1.82, 2.24) is 0 Å². The minimum absolute atomic E-state index is 0.102. The minimum Gasteiger partial charge on any atom is -0.486 e. The Kier molecular flexibility index (Phi) is 5.13. The topological polar surface area (TPSA) is 73.9 Å². The van der Waals surface area contributed by atoms with Crippen molar-refractivity contribution in [2.45, 2.75) is 6.42 Å². The van der Waals surface area contributed by atoms with Crippen LogP contribution < -0.4 is 14.8 Å². The average molecular weight is 345 g/mol. The third kappa shape index (κ3) is 4.69. The maximum atomic E-state index is 13.1. The quantitative estimate of drug-likeness (QED) is 0.842. The van der Waals surface area contributed by atoms with E-state index in [-0.39, 0.29) is 6.42 Å². The van der Waals surface area contributed by atoms with Gasteiger partial charge in [-0.2, -0.15) is 0 Å². The number of halogens is 1. The summed E-state index contributed by atoms with van der Waals surface area (Å²) in [5.41, 5.74) is 0.993. The normalized spacial score (nSPS) is 12.4. The molecule has 1 N–H and O–H groups in total. The Morgan fingerprint density at radius 2 is 1.88 bits per heavy atom. The second kappa shape index (κ2) is 7.65. The summed E-state index contributed by atoms with van der Waals surface area (Å²) in [5.74, 6) is -0.355. The molecule has 0 atom stereocenters. The van der Waals surface area contributed by atoms with Gasteiger partial charge >= 0.3 is 5.97 Å². The Bertz CT molecular complexity index is 793. The van der Waals surface area contributed by atoms with Gasteiger partial charge in [0.25, 0.3) is 5.91 Å². The van der Waals surface area contributed by atoms with Crippen LogP contribution in [-0.4, -0.2) is 31.7 Å². The molecule has 130 valence electrons. The summed E-state index contributed by atoms with van der Waals surface area (Å²) in [7, 11) is 0. The molecule has 0 aliphatic carbocycles. The van der Waals surface area contributed by atoms with Crippen molar-refractivity contribution in [3.63, 3.8) is 0 Å². The Hall–Kier alpha value is -3.09. The maximum absolute atomic E-state index is 13.1. The Balaban J connectivity index is 1.48. The number of hydrogen-bond acceptors (Lipinski definition) is 5. The Morgan fingerprint density at radius 1 is 1.08 bits per heavy atom. The lowest BCUT2D eigenvalue weighted by atomic mass is 10.1. The molecule has 0 unspecified atom stereocenters. The SMILES string of the molecule is O=C(COC(=O)Cc1cccc(F)c1)Nc1ccc2c(c1)OCCO2. The van der Waals surface area contributed by atoms with E-state index in [2.05, 4.69) is 5.32 Å². The van der Waals surface area contributed by atoms with E-state index in [0.29, 0.717) is 36.0 Å². The van der Waals surface area contributed by atoms with E-state index in [4.69, 9.17) is 14.2 Å². The lowest BCUT2D eigenvalue weighted by molar-refractivity contribution is -0.146. The molecule has 0 radical (unpaired) electrons. The molecule has 1 heterocycles. The van der Waals surface area contributed by atoms with Gasteiger partial charge in [-0.3, -0.25) is 9.59 Å². The highest BCUT2D eigenvalue weighted by atomic mass is 19.1. The zero-order valence-corrected chi connectivity index (χ0v) is 13.3. The van der Waals surface area contributed by atoms with Crippen molar-refractivity contribution in [2.24, 2.45) is 0 Å². The molecular weight excluding hydrogens is 329 g/mol. The fraction of sp³-hybridized carbons (Fsp3) is 0.222. The summed E-state index contributed by atoms with van der Waals surface area (Å²) in [6.07, 6.45) is -0.102. The number of hydrogen-bond donors (Lipinski definition) is 1. The van der Waals surface area contributed by atoms with Gasteiger partial charge in [0, 0.05) is 11.8 Å². The van der Waals surface area contributed by atoms with Crippen LogP contribution >= 0.6 is 0 Å². The monoisotopic (exact) mass is 345 g/mol. The van der Waals surface area contributed by atoms with Gasteiger partial charge in [0.1, 0.15) is 19.0 Å². The van der Waals surface area contributed by atoms with E-state index in [1.807, 2.05) is 0 Å². The number of amides is 1. The molecule has 6 nitrogen and oxygen atoms in total. The summed E-state index contributed by atoms with van der Waals surface area (Å²) in [5, 5.41) is 2.61. The van der Waals surface area contributed by atoms with Crippen LogP contribution in [0.2, 0.25) is 0 Å². The van der Waals surface area contributed by atoms with Crippen molar-refractivity contribution in [3.05, 3.63) is 53.8 Å². The van der Waals surface area contributed by atoms with E-state index < -0.39 is 24.3 Å². The second-order valence-electron chi connectivity index (χ2n) is 5.37. The number of fused-ring (bicyclic) bond motifs is 1. The molecule has 1 amide bonds. The molecule has 0 spiro atoms. The molecule has 0 fully saturated rings. The third-order valence-corrected chi connectivity index (χ3v) is 3.43. The van der Waals surface area contributed by atoms with Gasteiger partial charge in [0.05, 0.1) is 6.42 Å². The predicted octanol–water partition coefficient (Wildman–Crippen LogP) is 2.32. The Labute approximate surface area is 143 Å². The molecule has 2 aromatic rings. The van der Waals surface area contributed by atoms with Gasteiger partial charge in [0.2, 0.25) is 0 Å². The molecule has 1 aliphatic rings. The van der Waals surface area contributed by atoms with Crippen molar-refractivity contribution < 1.29 is 28.2 Å². The Morgan fingerprint density at radius 3 is 2.68 bits per heavy atom. The van der Waals surface area contributed by atoms with Gasteiger partial charge in [-0.25, -0.2) is 4.39 Å². The number of rotatable bonds is 5. The highest BCUT2D eigenvalue weighted by Gasteiger charge is 2.14. The number of nitrogens with one attached hydrogen (secondary N) is 1. The van der Waals surface area contributed by atoms with Gasteiger partial charge in [-0.15, -0.1) is 0 Å². The number of ether oxygens (including phenoxy) is 3. The fourth-order valence-corrected chi connectivity index (χ4v) is 2.33. The highest BCUT2D eigenvalue weighted by Crippen LogP contribution is 2.32.